The molecule has 2 aliphatic rings. The molecule has 3 heterocycles. The number of anilines is 2. The number of phosphoric ester groups is 1. The molecule has 0 bridgehead atoms. The van der Waals surface area contributed by atoms with Gasteiger partial charge in [0.2, 0.25) is 5.95 Å². The van der Waals surface area contributed by atoms with E-state index in [1.807, 2.05) is 0 Å². The number of ether oxygens (including phenoxy) is 2. The second-order valence-electron chi connectivity index (χ2n) is 6.91. The van der Waals surface area contributed by atoms with Crippen molar-refractivity contribution in [1.29, 1.82) is 0 Å². The molecule has 2 aromatic heterocycles. The van der Waals surface area contributed by atoms with Crippen molar-refractivity contribution in [2.75, 3.05) is 24.3 Å². The summed E-state index contributed by atoms with van der Waals surface area (Å²) in [5.41, 5.74) is 6.60. The lowest BCUT2D eigenvalue weighted by molar-refractivity contribution is -0.0961. The Balaban J connectivity index is 1.38. The number of nitrogen functional groups attached to an aromatic ring is 1. The van der Waals surface area contributed by atoms with Gasteiger partial charge >= 0.3 is 23.5 Å². The van der Waals surface area contributed by atoms with Crippen LogP contribution in [-0.4, -0.2) is 64.6 Å². The minimum Gasteiger partial charge on any atom is -0.368 e. The zero-order valence-electron chi connectivity index (χ0n) is 16.4. The van der Waals surface area contributed by atoms with Gasteiger partial charge in [-0.3, -0.25) is 9.09 Å². The van der Waals surface area contributed by atoms with Gasteiger partial charge in [-0.1, -0.05) is 0 Å². The summed E-state index contributed by atoms with van der Waals surface area (Å²) in [6, 6.07) is 0.290. The van der Waals surface area contributed by atoms with Gasteiger partial charge in [0.1, 0.15) is 6.61 Å². The molecule has 1 aliphatic carbocycles. The van der Waals surface area contributed by atoms with Gasteiger partial charge in [-0.2, -0.15) is 18.6 Å². The molecule has 0 amide bonds. The number of hydrogen-bond donors (Lipinski definition) is 6. The molecule has 2 fully saturated rings. The Morgan fingerprint density at radius 3 is 2.55 bits per heavy atom. The van der Waals surface area contributed by atoms with Gasteiger partial charge in [-0.25, -0.2) is 18.7 Å². The van der Waals surface area contributed by atoms with Crippen LogP contribution in [0.4, 0.5) is 11.8 Å². The number of hydrogen-bond acceptors (Lipinski definition) is 13. The Labute approximate surface area is 184 Å². The van der Waals surface area contributed by atoms with Crippen molar-refractivity contribution in [2.45, 2.75) is 31.4 Å². The zero-order chi connectivity index (χ0) is 24.0. The summed E-state index contributed by atoms with van der Waals surface area (Å²) < 4.78 is 58.0. The predicted molar refractivity (Wildman–Crippen MR) is 106 cm³/mol. The van der Waals surface area contributed by atoms with Crippen LogP contribution >= 0.6 is 23.5 Å². The van der Waals surface area contributed by atoms with Gasteiger partial charge in [0.05, 0.1) is 12.9 Å². The summed E-state index contributed by atoms with van der Waals surface area (Å²) >= 11 is 0. The van der Waals surface area contributed by atoms with Crippen LogP contribution in [-0.2, 0) is 36.3 Å². The maximum atomic E-state index is 11.8. The van der Waals surface area contributed by atoms with Crippen molar-refractivity contribution < 1.29 is 55.9 Å². The molecule has 1 saturated heterocycles. The first-order valence-corrected chi connectivity index (χ1v) is 13.6. The van der Waals surface area contributed by atoms with E-state index in [1.54, 1.807) is 0 Å². The fourth-order valence-electron chi connectivity index (χ4n) is 2.80. The van der Waals surface area contributed by atoms with E-state index in [4.69, 9.17) is 29.9 Å². The van der Waals surface area contributed by atoms with Gasteiger partial charge in [0, 0.05) is 6.04 Å². The number of fused-ring (bicyclic) bond motifs is 1. The van der Waals surface area contributed by atoms with E-state index < -0.39 is 42.6 Å². The van der Waals surface area contributed by atoms with E-state index in [0.717, 1.165) is 12.8 Å². The summed E-state index contributed by atoms with van der Waals surface area (Å²) in [5, 5.41) is 3.21. The summed E-state index contributed by atoms with van der Waals surface area (Å²) in [7, 11) is -16.4. The number of rotatable bonds is 10. The largest absolute Gasteiger partial charge is 0.490 e. The molecule has 21 heteroatoms. The lowest BCUT2D eigenvalue weighted by atomic mass is 10.4. The van der Waals surface area contributed by atoms with Crippen LogP contribution in [0.3, 0.4) is 0 Å². The van der Waals surface area contributed by atoms with Crippen molar-refractivity contribution in [2.24, 2.45) is 0 Å². The average molecular weight is 532 g/mol. The number of imidazole rings is 1. The molecule has 0 aromatic carbocycles. The molecular formula is C12H19N6O12P3. The quantitative estimate of drug-likeness (QED) is 0.223. The molecule has 184 valence electrons. The van der Waals surface area contributed by atoms with E-state index in [0.29, 0.717) is 17.0 Å². The Hall–Kier alpha value is -1.52. The Morgan fingerprint density at radius 1 is 1.15 bits per heavy atom. The number of nitrogens with zero attached hydrogens (tertiary/aromatic N) is 4. The molecule has 4 unspecified atom stereocenters. The smallest absolute Gasteiger partial charge is 0.368 e. The van der Waals surface area contributed by atoms with Gasteiger partial charge in [0.15, 0.2) is 29.5 Å². The minimum absolute atomic E-state index is 0.00974. The van der Waals surface area contributed by atoms with Crippen LogP contribution in [0.15, 0.2) is 6.33 Å². The standard InChI is InChI=1S/C12H19N6O12P3/c13-12-16-10(15-6-1-2-6)9-11(17-12)18(5-14-9)7-3-26-8(28-7)4-27-32(22,23)30-33(24,25)29-31(19,20)21/h5-8H,1-4H2,(H,22,23)(H,24,25)(H2,19,20,21)(H3,13,15,16,17). The van der Waals surface area contributed by atoms with Gasteiger partial charge in [0.25, 0.3) is 0 Å². The molecule has 4 atom stereocenters. The van der Waals surface area contributed by atoms with E-state index >= 15 is 0 Å². The molecular weight excluding hydrogens is 513 g/mol. The van der Waals surface area contributed by atoms with Crippen LogP contribution < -0.4 is 11.1 Å². The molecule has 1 saturated carbocycles. The van der Waals surface area contributed by atoms with Crippen molar-refractivity contribution in [3.05, 3.63) is 6.33 Å². The second kappa shape index (κ2) is 8.92. The summed E-state index contributed by atoms with van der Waals surface area (Å²) in [4.78, 5) is 48.3. The maximum absolute atomic E-state index is 11.8. The normalized spacial score (nSPS) is 25.1. The van der Waals surface area contributed by atoms with Crippen LogP contribution in [0.25, 0.3) is 11.2 Å². The molecule has 1 aliphatic heterocycles. The van der Waals surface area contributed by atoms with E-state index in [1.165, 1.54) is 10.9 Å². The van der Waals surface area contributed by atoms with Gasteiger partial charge in [-0.15, -0.1) is 0 Å². The topological polar surface area (TPSA) is 260 Å². The number of nitrogens with one attached hydrogen (secondary N) is 1. The lowest BCUT2D eigenvalue weighted by Crippen LogP contribution is -2.17. The molecule has 7 N–H and O–H groups in total. The fourth-order valence-corrected chi connectivity index (χ4v) is 5.81. The van der Waals surface area contributed by atoms with Crippen molar-refractivity contribution >= 4 is 46.4 Å². The van der Waals surface area contributed by atoms with Crippen molar-refractivity contribution in [1.82, 2.24) is 19.5 Å². The minimum atomic E-state index is -5.62. The van der Waals surface area contributed by atoms with Crippen molar-refractivity contribution in [3.8, 4) is 0 Å². The van der Waals surface area contributed by atoms with Crippen LogP contribution in [0.1, 0.15) is 19.1 Å². The van der Waals surface area contributed by atoms with Crippen molar-refractivity contribution in [3.63, 3.8) is 0 Å². The second-order valence-corrected chi connectivity index (χ2v) is 11.3. The Bertz CT molecular complexity index is 1180. The van der Waals surface area contributed by atoms with Crippen LogP contribution in [0.2, 0.25) is 0 Å². The number of phosphoric acid groups is 3. The molecule has 0 radical (unpaired) electrons. The Kier molecular flexibility index (Phi) is 6.65. The molecule has 18 nitrogen and oxygen atoms in total. The lowest BCUT2D eigenvalue weighted by Gasteiger charge is -2.17. The monoisotopic (exact) mass is 532 g/mol. The first kappa shape index (κ1) is 24.6. The number of aromatic nitrogens is 4. The maximum Gasteiger partial charge on any atom is 0.490 e. The molecule has 2 aromatic rings. The summed E-state index contributed by atoms with van der Waals surface area (Å²) in [5.74, 6) is 0.484. The third kappa shape index (κ3) is 6.54. The average Bonchev–Trinajstić information content (AvgIpc) is 3.17. The third-order valence-electron chi connectivity index (χ3n) is 4.19. The highest BCUT2D eigenvalue weighted by molar-refractivity contribution is 7.66. The third-order valence-corrected chi connectivity index (χ3v) is 7.99. The highest BCUT2D eigenvalue weighted by Crippen LogP contribution is 2.66. The fraction of sp³-hybridized carbons (Fsp3) is 0.583. The first-order chi connectivity index (χ1) is 15.3. The van der Waals surface area contributed by atoms with Gasteiger partial charge < -0.3 is 40.1 Å². The van der Waals surface area contributed by atoms with E-state index in [2.05, 4.69) is 33.4 Å². The van der Waals surface area contributed by atoms with Crippen LogP contribution in [0.5, 0.6) is 0 Å². The highest BCUT2D eigenvalue weighted by Gasteiger charge is 2.41. The van der Waals surface area contributed by atoms with Crippen LogP contribution in [0, 0.1) is 0 Å². The highest BCUT2D eigenvalue weighted by atomic mass is 31.3. The SMILES string of the molecule is Nc1nc(NC2CC2)c2ncn(C3COC(COP(=O)(O)OP(=O)(O)OP(=O)(O)O)O3)c2n1. The molecule has 0 spiro atoms. The summed E-state index contributed by atoms with van der Waals surface area (Å²) in [6.45, 7) is -0.802. The Morgan fingerprint density at radius 2 is 1.88 bits per heavy atom. The molecule has 4 rings (SSSR count). The number of nitrogens with two attached hydrogens (primary N) is 1. The predicted octanol–water partition coefficient (Wildman–Crippen LogP) is 0.198. The van der Waals surface area contributed by atoms with E-state index in [9.17, 15) is 18.6 Å². The van der Waals surface area contributed by atoms with E-state index in [-0.39, 0.29) is 18.6 Å². The first-order valence-electron chi connectivity index (χ1n) is 9.12. The molecule has 33 heavy (non-hydrogen) atoms. The summed E-state index contributed by atoms with van der Waals surface area (Å²) in [6.07, 6.45) is 1.43. The van der Waals surface area contributed by atoms with Gasteiger partial charge in [-0.05, 0) is 12.8 Å². The zero-order valence-corrected chi connectivity index (χ0v) is 19.1.